The Kier molecular flexibility index (Phi) is 6.62. The van der Waals surface area contributed by atoms with Gasteiger partial charge in [-0.2, -0.15) is 0 Å². The second-order valence-corrected chi connectivity index (χ2v) is 10.7. The van der Waals surface area contributed by atoms with Crippen LogP contribution in [-0.4, -0.2) is 63.9 Å². The molecule has 0 aliphatic rings. The first kappa shape index (κ1) is 21.8. The van der Waals surface area contributed by atoms with Crippen molar-refractivity contribution in [1.29, 1.82) is 0 Å². The Morgan fingerprint density at radius 1 is 1.14 bits per heavy atom. The molecule has 154 valence electrons. The summed E-state index contributed by atoms with van der Waals surface area (Å²) >= 11 is 3.08. The Morgan fingerprint density at radius 2 is 1.86 bits per heavy atom. The van der Waals surface area contributed by atoms with Crippen molar-refractivity contribution in [2.75, 3.05) is 44.6 Å². The summed E-state index contributed by atoms with van der Waals surface area (Å²) in [6, 6.07) is 12.2. The number of fused-ring (bicyclic) bond motifs is 1. The molecule has 1 amide bonds. The highest BCUT2D eigenvalue weighted by Crippen LogP contribution is 2.34. The lowest BCUT2D eigenvalue weighted by Crippen LogP contribution is -2.36. The van der Waals surface area contributed by atoms with E-state index in [9.17, 15) is 13.2 Å². The molecule has 6 nitrogen and oxygen atoms in total. The van der Waals surface area contributed by atoms with Crippen molar-refractivity contribution in [2.45, 2.75) is 9.79 Å². The lowest BCUT2D eigenvalue weighted by atomic mass is 10.2. The third-order valence-corrected chi connectivity index (χ3v) is 7.27. The van der Waals surface area contributed by atoms with E-state index in [1.807, 2.05) is 43.5 Å². The fourth-order valence-corrected chi connectivity index (χ4v) is 5.10. The van der Waals surface area contributed by atoms with Crippen molar-refractivity contribution in [1.82, 2.24) is 9.88 Å². The zero-order valence-corrected chi connectivity index (χ0v) is 19.2. The average molecular weight is 450 g/mol. The quantitative estimate of drug-likeness (QED) is 0.513. The van der Waals surface area contributed by atoms with E-state index in [4.69, 9.17) is 4.98 Å². The Bertz CT molecular complexity index is 1140. The number of sulfone groups is 1. The van der Waals surface area contributed by atoms with Gasteiger partial charge < -0.3 is 4.90 Å². The van der Waals surface area contributed by atoms with Crippen molar-refractivity contribution < 1.29 is 13.2 Å². The number of para-hydroxylation sites is 1. The summed E-state index contributed by atoms with van der Waals surface area (Å²) in [6.45, 7) is 1.10. The number of anilines is 1. The van der Waals surface area contributed by atoms with E-state index in [1.165, 1.54) is 23.5 Å². The van der Waals surface area contributed by atoms with E-state index in [-0.39, 0.29) is 10.8 Å². The lowest BCUT2D eigenvalue weighted by molar-refractivity contribution is 0.0985. The van der Waals surface area contributed by atoms with Crippen molar-refractivity contribution in [2.24, 2.45) is 0 Å². The molecule has 0 unspecified atom stereocenters. The minimum Gasteiger partial charge on any atom is -0.308 e. The smallest absolute Gasteiger partial charge is 0.260 e. The number of aromatic nitrogens is 1. The zero-order chi connectivity index (χ0) is 21.2. The molecule has 0 aliphatic carbocycles. The van der Waals surface area contributed by atoms with Crippen LogP contribution in [-0.2, 0) is 9.84 Å². The summed E-state index contributed by atoms with van der Waals surface area (Å²) in [5.41, 5.74) is 1.21. The second kappa shape index (κ2) is 8.83. The fraction of sp³-hybridized carbons (Fsp3) is 0.300. The monoisotopic (exact) mass is 449 g/mol. The summed E-state index contributed by atoms with van der Waals surface area (Å²) in [5.74, 6) is -0.262. The number of thioether (sulfide) groups is 1. The maximum absolute atomic E-state index is 13.3. The highest BCUT2D eigenvalue weighted by atomic mass is 32.2. The van der Waals surface area contributed by atoms with Gasteiger partial charge in [-0.3, -0.25) is 9.69 Å². The van der Waals surface area contributed by atoms with Gasteiger partial charge in [-0.1, -0.05) is 23.5 Å². The second-order valence-electron chi connectivity index (χ2n) is 6.86. The van der Waals surface area contributed by atoms with Crippen molar-refractivity contribution in [3.05, 3.63) is 48.0 Å². The Morgan fingerprint density at radius 3 is 2.52 bits per heavy atom. The molecule has 9 heteroatoms. The van der Waals surface area contributed by atoms with Crippen LogP contribution >= 0.6 is 23.1 Å². The molecular formula is C20H23N3O3S3. The van der Waals surface area contributed by atoms with E-state index in [2.05, 4.69) is 0 Å². The van der Waals surface area contributed by atoms with Crippen LogP contribution in [0.15, 0.2) is 52.3 Å². The first-order valence-electron chi connectivity index (χ1n) is 8.91. The van der Waals surface area contributed by atoms with Gasteiger partial charge in [0.1, 0.15) is 0 Å². The normalized spacial score (nSPS) is 11.9. The molecular weight excluding hydrogens is 426 g/mol. The Hall–Kier alpha value is -1.94. The van der Waals surface area contributed by atoms with Crippen LogP contribution in [0.1, 0.15) is 10.4 Å². The van der Waals surface area contributed by atoms with Crippen LogP contribution in [0.3, 0.4) is 0 Å². The molecule has 1 heterocycles. The predicted molar refractivity (Wildman–Crippen MR) is 121 cm³/mol. The maximum Gasteiger partial charge on any atom is 0.260 e. The number of hydrogen-bond donors (Lipinski definition) is 0. The predicted octanol–water partition coefficient (Wildman–Crippen LogP) is 3.63. The van der Waals surface area contributed by atoms with Gasteiger partial charge in [-0.05, 0) is 50.7 Å². The van der Waals surface area contributed by atoms with E-state index in [0.717, 1.165) is 21.4 Å². The molecule has 0 spiro atoms. The van der Waals surface area contributed by atoms with Crippen LogP contribution in [0.5, 0.6) is 0 Å². The van der Waals surface area contributed by atoms with Gasteiger partial charge in [0.05, 0.1) is 15.1 Å². The minimum atomic E-state index is -3.40. The van der Waals surface area contributed by atoms with Crippen molar-refractivity contribution in [3.63, 3.8) is 0 Å². The summed E-state index contributed by atoms with van der Waals surface area (Å²) in [5, 5.41) is 0.609. The number of rotatable bonds is 7. The van der Waals surface area contributed by atoms with Crippen LogP contribution in [0.25, 0.3) is 10.2 Å². The molecule has 3 aromatic rings. The standard InChI is InChI=1S/C20H23N3O3S3/c1-22(2)11-12-23(19(24)14-7-5-8-15(13-14)29(4,25)26)20-21-18-16(27-3)9-6-10-17(18)28-20/h5-10,13H,11-12H2,1-4H3. The number of hydrogen-bond acceptors (Lipinski definition) is 7. The minimum absolute atomic E-state index is 0.130. The molecule has 3 rings (SSSR count). The highest BCUT2D eigenvalue weighted by Gasteiger charge is 2.23. The van der Waals surface area contributed by atoms with Crippen molar-refractivity contribution >= 4 is 54.2 Å². The van der Waals surface area contributed by atoms with Gasteiger partial charge in [0, 0.05) is 29.8 Å². The number of carbonyl (C=O) groups is 1. The van der Waals surface area contributed by atoms with Gasteiger partial charge in [-0.15, -0.1) is 11.8 Å². The van der Waals surface area contributed by atoms with Gasteiger partial charge >= 0.3 is 0 Å². The molecule has 0 saturated carbocycles. The van der Waals surface area contributed by atoms with Crippen LogP contribution < -0.4 is 4.90 Å². The molecule has 1 aromatic heterocycles. The molecule has 29 heavy (non-hydrogen) atoms. The Balaban J connectivity index is 2.05. The summed E-state index contributed by atoms with van der Waals surface area (Å²) in [4.78, 5) is 22.9. The number of nitrogens with zero attached hydrogens (tertiary/aromatic N) is 3. The van der Waals surface area contributed by atoms with E-state index < -0.39 is 9.84 Å². The number of benzene rings is 2. The molecule has 0 radical (unpaired) electrons. The molecule has 0 atom stereocenters. The topological polar surface area (TPSA) is 70.6 Å². The summed E-state index contributed by atoms with van der Waals surface area (Å²) < 4.78 is 24.8. The van der Waals surface area contributed by atoms with Crippen molar-refractivity contribution in [3.8, 4) is 0 Å². The van der Waals surface area contributed by atoms with E-state index in [0.29, 0.717) is 23.8 Å². The summed E-state index contributed by atoms with van der Waals surface area (Å²) in [6.07, 6.45) is 3.14. The van der Waals surface area contributed by atoms with Gasteiger partial charge in [0.25, 0.3) is 5.91 Å². The van der Waals surface area contributed by atoms with E-state index >= 15 is 0 Å². The van der Waals surface area contributed by atoms with Crippen LogP contribution in [0, 0.1) is 0 Å². The fourth-order valence-electron chi connectivity index (χ4n) is 2.79. The Labute approximate surface area is 179 Å². The average Bonchev–Trinajstić information content (AvgIpc) is 3.11. The molecule has 0 N–H and O–H groups in total. The molecule has 0 saturated heterocycles. The number of likely N-dealkylation sites (N-methyl/N-ethyl adjacent to an activating group) is 1. The maximum atomic E-state index is 13.3. The first-order valence-corrected chi connectivity index (χ1v) is 12.8. The molecule has 2 aromatic carbocycles. The van der Waals surface area contributed by atoms with Gasteiger partial charge in [0.2, 0.25) is 0 Å². The molecule has 0 fully saturated rings. The molecule has 0 aliphatic heterocycles. The zero-order valence-electron chi connectivity index (χ0n) is 16.7. The number of carbonyl (C=O) groups excluding carboxylic acids is 1. The number of thiazole rings is 1. The first-order chi connectivity index (χ1) is 13.7. The van der Waals surface area contributed by atoms with Gasteiger partial charge in [0.15, 0.2) is 15.0 Å². The lowest BCUT2D eigenvalue weighted by Gasteiger charge is -2.22. The highest BCUT2D eigenvalue weighted by molar-refractivity contribution is 7.98. The van der Waals surface area contributed by atoms with Gasteiger partial charge in [-0.25, -0.2) is 13.4 Å². The largest absolute Gasteiger partial charge is 0.308 e. The third kappa shape index (κ3) is 4.98. The van der Waals surface area contributed by atoms with Crippen LogP contribution in [0.2, 0.25) is 0 Å². The SMILES string of the molecule is CSc1cccc2sc(N(CCN(C)C)C(=O)c3cccc(S(C)(=O)=O)c3)nc12. The number of amides is 1. The van der Waals surface area contributed by atoms with E-state index in [1.54, 1.807) is 28.8 Å². The third-order valence-electron chi connectivity index (χ3n) is 4.35. The summed E-state index contributed by atoms with van der Waals surface area (Å²) in [7, 11) is 0.484. The van der Waals surface area contributed by atoms with Crippen LogP contribution in [0.4, 0.5) is 5.13 Å². The molecule has 0 bridgehead atoms.